The topological polar surface area (TPSA) is 55.8 Å². The van der Waals surface area contributed by atoms with Crippen molar-refractivity contribution in [1.82, 2.24) is 4.31 Å². The molecule has 0 N–H and O–H groups in total. The first kappa shape index (κ1) is 23.9. The van der Waals surface area contributed by atoms with Gasteiger partial charge in [-0.05, 0) is 66.9 Å². The molecular weight excluding hydrogens is 489 g/mol. The highest BCUT2D eigenvalue weighted by Gasteiger charge is 2.46. The van der Waals surface area contributed by atoms with Crippen molar-refractivity contribution in [2.45, 2.75) is 30.3 Å². The molecule has 182 valence electrons. The Labute approximate surface area is 209 Å². The summed E-state index contributed by atoms with van der Waals surface area (Å²) in [6, 6.07) is 18.0. The summed E-state index contributed by atoms with van der Waals surface area (Å²) in [5, 5.41) is -0.423. The summed E-state index contributed by atoms with van der Waals surface area (Å²) in [7, 11) is -3.63. The van der Waals surface area contributed by atoms with Crippen molar-refractivity contribution in [3.05, 3.63) is 107 Å². The van der Waals surface area contributed by atoms with Crippen LogP contribution in [0.4, 0.5) is 4.39 Å². The SMILES string of the molecule is C=CC(c1ccc2c(c1)OC(c1ccc(F)cc1)(c1cccc(Cl)c1)O2)S(=O)(=O)N1CCCCC1. The van der Waals surface area contributed by atoms with Crippen molar-refractivity contribution in [2.75, 3.05) is 13.1 Å². The third-order valence-electron chi connectivity index (χ3n) is 6.44. The van der Waals surface area contributed by atoms with Gasteiger partial charge in [0.25, 0.3) is 0 Å². The number of hydrogen-bond donors (Lipinski definition) is 0. The first-order valence-corrected chi connectivity index (χ1v) is 13.4. The largest absolute Gasteiger partial charge is 0.440 e. The van der Waals surface area contributed by atoms with Gasteiger partial charge in [0, 0.05) is 29.2 Å². The summed E-state index contributed by atoms with van der Waals surface area (Å²) in [6.45, 7) is 4.83. The highest BCUT2D eigenvalue weighted by Crippen LogP contribution is 2.49. The number of hydrogen-bond acceptors (Lipinski definition) is 4. The van der Waals surface area contributed by atoms with E-state index in [1.165, 1.54) is 18.2 Å². The monoisotopic (exact) mass is 513 g/mol. The van der Waals surface area contributed by atoms with E-state index in [1.807, 2.05) is 6.07 Å². The highest BCUT2D eigenvalue weighted by molar-refractivity contribution is 7.89. The molecule has 0 saturated carbocycles. The molecule has 3 aromatic rings. The van der Waals surface area contributed by atoms with Crippen LogP contribution in [0, 0.1) is 5.82 Å². The van der Waals surface area contributed by atoms with E-state index in [9.17, 15) is 12.8 Å². The Morgan fingerprint density at radius 3 is 2.34 bits per heavy atom. The lowest BCUT2D eigenvalue weighted by Gasteiger charge is -2.29. The number of sulfonamides is 1. The molecule has 0 spiro atoms. The molecule has 0 aromatic heterocycles. The highest BCUT2D eigenvalue weighted by atomic mass is 35.5. The third-order valence-corrected chi connectivity index (χ3v) is 8.87. The van der Waals surface area contributed by atoms with Gasteiger partial charge in [-0.2, -0.15) is 0 Å². The van der Waals surface area contributed by atoms with E-state index in [0.717, 1.165) is 19.3 Å². The molecule has 8 heteroatoms. The van der Waals surface area contributed by atoms with E-state index >= 15 is 0 Å². The predicted molar refractivity (Wildman–Crippen MR) is 134 cm³/mol. The van der Waals surface area contributed by atoms with Gasteiger partial charge in [0.2, 0.25) is 10.0 Å². The van der Waals surface area contributed by atoms with Crippen molar-refractivity contribution < 1.29 is 22.3 Å². The maximum Gasteiger partial charge on any atom is 0.305 e. The molecule has 2 aliphatic heterocycles. The summed E-state index contributed by atoms with van der Waals surface area (Å²) in [4.78, 5) is 0. The fourth-order valence-electron chi connectivity index (χ4n) is 4.67. The summed E-state index contributed by atoms with van der Waals surface area (Å²) < 4.78 is 54.8. The predicted octanol–water partition coefficient (Wildman–Crippen LogP) is 6.19. The number of benzene rings is 3. The number of piperidine rings is 1. The Hall–Kier alpha value is -2.87. The Balaban J connectivity index is 1.55. The second-order valence-electron chi connectivity index (χ2n) is 8.71. The Kier molecular flexibility index (Phi) is 6.34. The first-order valence-electron chi connectivity index (χ1n) is 11.5. The lowest BCUT2D eigenvalue weighted by atomic mass is 9.97. The van der Waals surface area contributed by atoms with Crippen LogP contribution in [0.2, 0.25) is 5.02 Å². The van der Waals surface area contributed by atoms with Crippen LogP contribution < -0.4 is 9.47 Å². The molecule has 5 rings (SSSR count). The quantitative estimate of drug-likeness (QED) is 0.368. The summed E-state index contributed by atoms with van der Waals surface area (Å²) in [5.74, 6) is -0.970. The molecule has 0 amide bonds. The molecule has 0 radical (unpaired) electrons. The lowest BCUT2D eigenvalue weighted by Crippen LogP contribution is -2.38. The van der Waals surface area contributed by atoms with Gasteiger partial charge >= 0.3 is 5.79 Å². The zero-order chi connectivity index (χ0) is 24.6. The number of halogens is 2. The lowest BCUT2D eigenvalue weighted by molar-refractivity contribution is -0.0459. The van der Waals surface area contributed by atoms with Gasteiger partial charge in [0.05, 0.1) is 0 Å². The molecular formula is C27H25ClFNO4S. The minimum absolute atomic E-state index is 0.382. The number of ether oxygens (including phenoxy) is 2. The van der Waals surface area contributed by atoms with Crippen molar-refractivity contribution in [3.8, 4) is 11.5 Å². The smallest absolute Gasteiger partial charge is 0.305 e. The standard InChI is InChI=1S/C27H25ClFNO4S/c1-2-26(35(31,32)30-15-4-3-5-16-30)19-9-14-24-25(17-19)34-27(33-24,20-10-12-23(29)13-11-20)21-7-6-8-22(28)18-21/h2,6-14,17-18,26H,1,3-5,15-16H2. The van der Waals surface area contributed by atoms with Gasteiger partial charge in [-0.1, -0.05) is 42.3 Å². The van der Waals surface area contributed by atoms with E-state index < -0.39 is 21.1 Å². The zero-order valence-corrected chi connectivity index (χ0v) is 20.6. The Morgan fingerprint density at radius 1 is 0.943 bits per heavy atom. The molecule has 3 aromatic carbocycles. The molecule has 1 saturated heterocycles. The minimum Gasteiger partial charge on any atom is -0.440 e. The summed E-state index contributed by atoms with van der Waals surface area (Å²) in [6.07, 6.45) is 4.18. The molecule has 1 fully saturated rings. The molecule has 2 aliphatic rings. The normalized spacial score (nSPS) is 21.0. The third kappa shape index (κ3) is 4.33. The van der Waals surface area contributed by atoms with Crippen LogP contribution in [0.3, 0.4) is 0 Å². The fraction of sp³-hybridized carbons (Fsp3) is 0.259. The van der Waals surface area contributed by atoms with Crippen LogP contribution in [0.15, 0.2) is 79.4 Å². The van der Waals surface area contributed by atoms with Crippen LogP contribution in [-0.4, -0.2) is 25.8 Å². The number of fused-ring (bicyclic) bond motifs is 1. The average molecular weight is 514 g/mol. The molecule has 5 nitrogen and oxygen atoms in total. The zero-order valence-electron chi connectivity index (χ0n) is 19.0. The maximum absolute atomic E-state index is 13.7. The van der Waals surface area contributed by atoms with E-state index in [1.54, 1.807) is 52.8 Å². The van der Waals surface area contributed by atoms with Gasteiger partial charge < -0.3 is 9.47 Å². The van der Waals surface area contributed by atoms with Crippen LogP contribution in [0.25, 0.3) is 0 Å². The first-order chi connectivity index (χ1) is 16.8. The van der Waals surface area contributed by atoms with E-state index in [0.29, 0.717) is 46.3 Å². The number of rotatable bonds is 6. The van der Waals surface area contributed by atoms with E-state index in [4.69, 9.17) is 21.1 Å². The van der Waals surface area contributed by atoms with Crippen LogP contribution >= 0.6 is 11.6 Å². The van der Waals surface area contributed by atoms with E-state index in [2.05, 4.69) is 6.58 Å². The molecule has 0 bridgehead atoms. The molecule has 0 aliphatic carbocycles. The average Bonchev–Trinajstić information content (AvgIpc) is 3.25. The van der Waals surface area contributed by atoms with Crippen molar-refractivity contribution in [3.63, 3.8) is 0 Å². The molecule has 2 heterocycles. The van der Waals surface area contributed by atoms with Crippen molar-refractivity contribution in [2.24, 2.45) is 0 Å². The Bertz CT molecular complexity index is 1360. The minimum atomic E-state index is -3.63. The summed E-state index contributed by atoms with van der Waals surface area (Å²) >= 11 is 6.27. The van der Waals surface area contributed by atoms with Crippen molar-refractivity contribution in [1.29, 1.82) is 0 Å². The van der Waals surface area contributed by atoms with Crippen LogP contribution in [0.5, 0.6) is 11.5 Å². The van der Waals surface area contributed by atoms with Gasteiger partial charge in [-0.3, -0.25) is 0 Å². The second-order valence-corrected chi connectivity index (χ2v) is 11.2. The van der Waals surface area contributed by atoms with Crippen LogP contribution in [-0.2, 0) is 15.8 Å². The van der Waals surface area contributed by atoms with Gasteiger partial charge in [-0.25, -0.2) is 17.1 Å². The molecule has 2 atom stereocenters. The van der Waals surface area contributed by atoms with Gasteiger partial charge in [-0.15, -0.1) is 6.58 Å². The van der Waals surface area contributed by atoms with E-state index in [-0.39, 0.29) is 5.82 Å². The number of nitrogens with zero attached hydrogens (tertiary/aromatic N) is 1. The second kappa shape index (κ2) is 9.30. The van der Waals surface area contributed by atoms with Crippen LogP contribution in [0.1, 0.15) is 41.2 Å². The van der Waals surface area contributed by atoms with Gasteiger partial charge in [0.15, 0.2) is 11.5 Å². The maximum atomic E-state index is 13.7. The fourth-order valence-corrected chi connectivity index (χ4v) is 6.68. The molecule has 35 heavy (non-hydrogen) atoms. The molecule has 2 unspecified atom stereocenters. The Morgan fingerprint density at radius 2 is 1.66 bits per heavy atom. The van der Waals surface area contributed by atoms with Gasteiger partial charge in [0.1, 0.15) is 11.1 Å². The summed E-state index contributed by atoms with van der Waals surface area (Å²) in [5.41, 5.74) is 1.73. The van der Waals surface area contributed by atoms with Crippen molar-refractivity contribution >= 4 is 21.6 Å².